The molecule has 0 aliphatic heterocycles. The first-order chi connectivity index (χ1) is 9.05. The van der Waals surface area contributed by atoms with Crippen LogP contribution in [-0.4, -0.2) is 0 Å². The highest BCUT2D eigenvalue weighted by molar-refractivity contribution is 5.53. The Balaban J connectivity index is 2.32. The van der Waals surface area contributed by atoms with E-state index in [1.54, 1.807) is 0 Å². The molecule has 0 radical (unpaired) electrons. The van der Waals surface area contributed by atoms with Crippen molar-refractivity contribution in [3.63, 3.8) is 0 Å². The molecule has 19 heavy (non-hydrogen) atoms. The summed E-state index contributed by atoms with van der Waals surface area (Å²) < 4.78 is 0. The predicted molar refractivity (Wildman–Crippen MR) is 84.3 cm³/mol. The van der Waals surface area contributed by atoms with Gasteiger partial charge in [-0.3, -0.25) is 0 Å². The Morgan fingerprint density at radius 1 is 1.42 bits per heavy atom. The molecule has 1 aliphatic carbocycles. The van der Waals surface area contributed by atoms with Gasteiger partial charge in [0.05, 0.1) is 0 Å². The van der Waals surface area contributed by atoms with Crippen molar-refractivity contribution in [1.82, 2.24) is 0 Å². The maximum atomic E-state index is 6.25. The second-order valence-corrected chi connectivity index (χ2v) is 6.24. The van der Waals surface area contributed by atoms with E-state index in [1.807, 2.05) is 6.07 Å². The number of benzene rings is 1. The molecular weight excluding hydrogens is 230 g/mol. The number of anilines is 1. The van der Waals surface area contributed by atoms with Crippen molar-refractivity contribution in [3.8, 4) is 0 Å². The van der Waals surface area contributed by atoms with E-state index < -0.39 is 0 Å². The van der Waals surface area contributed by atoms with Crippen LogP contribution in [0.5, 0.6) is 0 Å². The second-order valence-electron chi connectivity index (χ2n) is 6.24. The fourth-order valence-electron chi connectivity index (χ4n) is 3.74. The minimum absolute atomic E-state index is 0.497. The number of rotatable bonds is 6. The van der Waals surface area contributed by atoms with Gasteiger partial charge in [0, 0.05) is 5.69 Å². The number of hydrogen-bond donors (Lipinski definition) is 1. The minimum Gasteiger partial charge on any atom is -0.398 e. The third-order valence-electron chi connectivity index (χ3n) is 5.18. The molecule has 1 nitrogen and oxygen atoms in total. The lowest BCUT2D eigenvalue weighted by atomic mass is 9.73. The highest BCUT2D eigenvalue weighted by atomic mass is 14.6. The van der Waals surface area contributed by atoms with Crippen molar-refractivity contribution < 1.29 is 0 Å². The van der Waals surface area contributed by atoms with Crippen LogP contribution in [0.4, 0.5) is 5.69 Å². The zero-order chi connectivity index (χ0) is 14.0. The van der Waals surface area contributed by atoms with Gasteiger partial charge in [-0.1, -0.05) is 32.1 Å². The van der Waals surface area contributed by atoms with Gasteiger partial charge in [0.1, 0.15) is 0 Å². The molecule has 104 valence electrons. The van der Waals surface area contributed by atoms with Gasteiger partial charge in [-0.05, 0) is 67.1 Å². The second kappa shape index (κ2) is 5.40. The summed E-state index contributed by atoms with van der Waals surface area (Å²) in [7, 11) is 0. The van der Waals surface area contributed by atoms with Gasteiger partial charge in [0.2, 0.25) is 0 Å². The van der Waals surface area contributed by atoms with E-state index in [2.05, 4.69) is 45.6 Å². The molecule has 0 bridgehead atoms. The summed E-state index contributed by atoms with van der Waals surface area (Å²) in [5.74, 6) is 1.25. The molecule has 0 heterocycles. The molecule has 1 aromatic carbocycles. The van der Waals surface area contributed by atoms with Gasteiger partial charge < -0.3 is 5.73 Å². The fourth-order valence-corrected chi connectivity index (χ4v) is 3.74. The highest BCUT2D eigenvalue weighted by Crippen LogP contribution is 2.59. The van der Waals surface area contributed by atoms with E-state index in [0.29, 0.717) is 17.3 Å². The van der Waals surface area contributed by atoms with Crippen molar-refractivity contribution in [2.45, 2.75) is 52.4 Å². The average molecular weight is 257 g/mol. The molecule has 2 rings (SSSR count). The molecule has 1 heteroatoms. The lowest BCUT2D eigenvalue weighted by Crippen LogP contribution is -2.21. The van der Waals surface area contributed by atoms with Gasteiger partial charge in [-0.2, -0.15) is 0 Å². The summed E-state index contributed by atoms with van der Waals surface area (Å²) in [6, 6.07) is 6.29. The third-order valence-corrected chi connectivity index (χ3v) is 5.18. The lowest BCUT2D eigenvalue weighted by molar-refractivity contribution is 0.276. The number of hydrogen-bond acceptors (Lipinski definition) is 1. The topological polar surface area (TPSA) is 26.0 Å². The normalized spacial score (nSPS) is 19.7. The van der Waals surface area contributed by atoms with Crippen LogP contribution >= 0.6 is 0 Å². The summed E-state index contributed by atoms with van der Waals surface area (Å²) >= 11 is 0. The zero-order valence-corrected chi connectivity index (χ0v) is 12.6. The summed E-state index contributed by atoms with van der Waals surface area (Å²) in [4.78, 5) is 0. The van der Waals surface area contributed by atoms with Crippen molar-refractivity contribution in [2.24, 2.45) is 11.3 Å². The van der Waals surface area contributed by atoms with Crippen molar-refractivity contribution in [1.29, 1.82) is 0 Å². The summed E-state index contributed by atoms with van der Waals surface area (Å²) in [5, 5.41) is 0. The number of allylic oxidation sites excluding steroid dienone is 1. The molecule has 1 aliphatic rings. The summed E-state index contributed by atoms with van der Waals surface area (Å²) in [5.41, 5.74) is 10.4. The van der Waals surface area contributed by atoms with E-state index in [4.69, 9.17) is 5.73 Å². The Kier molecular flexibility index (Phi) is 4.03. The Bertz CT molecular complexity index is 437. The fraction of sp³-hybridized carbons (Fsp3) is 0.556. The molecule has 1 aromatic rings. The van der Waals surface area contributed by atoms with Gasteiger partial charge in [0.25, 0.3) is 0 Å². The molecule has 1 fully saturated rings. The molecule has 2 N–H and O–H groups in total. The minimum atomic E-state index is 0.497. The first-order valence-corrected chi connectivity index (χ1v) is 7.51. The lowest BCUT2D eigenvalue weighted by Gasteiger charge is -2.32. The van der Waals surface area contributed by atoms with Gasteiger partial charge >= 0.3 is 0 Å². The molecule has 2 unspecified atom stereocenters. The average Bonchev–Trinajstić information content (AvgIpc) is 3.15. The molecule has 2 atom stereocenters. The predicted octanol–water partition coefficient (Wildman–Crippen LogP) is 5.06. The van der Waals surface area contributed by atoms with E-state index >= 15 is 0 Å². The summed E-state index contributed by atoms with van der Waals surface area (Å²) in [6.45, 7) is 10.8. The number of aryl methyl sites for hydroxylation is 1. The Morgan fingerprint density at radius 2 is 2.11 bits per heavy atom. The largest absolute Gasteiger partial charge is 0.398 e. The molecule has 1 saturated carbocycles. The van der Waals surface area contributed by atoms with Crippen LogP contribution in [-0.2, 0) is 0 Å². The van der Waals surface area contributed by atoms with Crippen LogP contribution in [0.2, 0.25) is 0 Å². The standard InChI is InChI=1S/C18H27N/c1-5-10-18(11-12-18)14(4)15(6-2)17-13(3)8-7-9-16(17)19/h5,7-9,14-15H,1,6,10-12,19H2,2-4H3. The first kappa shape index (κ1) is 14.2. The van der Waals surface area contributed by atoms with Crippen molar-refractivity contribution >= 4 is 5.69 Å². The van der Waals surface area contributed by atoms with E-state index in [0.717, 1.165) is 18.5 Å². The molecule has 0 aromatic heterocycles. The van der Waals surface area contributed by atoms with Gasteiger partial charge in [-0.25, -0.2) is 0 Å². The molecule has 0 saturated heterocycles. The molecular formula is C18H27N. The molecule has 0 amide bonds. The summed E-state index contributed by atoms with van der Waals surface area (Å²) in [6.07, 6.45) is 7.11. The van der Waals surface area contributed by atoms with E-state index in [9.17, 15) is 0 Å². The van der Waals surface area contributed by atoms with Crippen molar-refractivity contribution in [3.05, 3.63) is 42.0 Å². The van der Waals surface area contributed by atoms with E-state index in [-0.39, 0.29) is 0 Å². The highest BCUT2D eigenvalue weighted by Gasteiger charge is 2.48. The van der Waals surface area contributed by atoms with Crippen LogP contribution in [0.3, 0.4) is 0 Å². The van der Waals surface area contributed by atoms with Crippen LogP contribution in [0, 0.1) is 18.3 Å². The molecule has 0 spiro atoms. The Morgan fingerprint density at radius 3 is 2.58 bits per heavy atom. The van der Waals surface area contributed by atoms with Crippen LogP contribution in [0.15, 0.2) is 30.9 Å². The van der Waals surface area contributed by atoms with Crippen molar-refractivity contribution in [2.75, 3.05) is 5.73 Å². The van der Waals surface area contributed by atoms with Gasteiger partial charge in [0.15, 0.2) is 0 Å². The SMILES string of the molecule is C=CCC1(C(C)C(CC)c2c(C)cccc2N)CC1. The number of nitrogens with two attached hydrogens (primary N) is 1. The Hall–Kier alpha value is -1.24. The first-order valence-electron chi connectivity index (χ1n) is 7.51. The monoisotopic (exact) mass is 257 g/mol. The number of nitrogen functional groups attached to an aromatic ring is 1. The van der Waals surface area contributed by atoms with Crippen LogP contribution in [0.25, 0.3) is 0 Å². The third kappa shape index (κ3) is 2.56. The maximum absolute atomic E-state index is 6.25. The van der Waals surface area contributed by atoms with E-state index in [1.165, 1.54) is 24.0 Å². The van der Waals surface area contributed by atoms with Gasteiger partial charge in [-0.15, -0.1) is 6.58 Å². The van der Waals surface area contributed by atoms with Crippen LogP contribution in [0.1, 0.15) is 56.6 Å². The van der Waals surface area contributed by atoms with Crippen LogP contribution < -0.4 is 5.73 Å². The quantitative estimate of drug-likeness (QED) is 0.559. The zero-order valence-electron chi connectivity index (χ0n) is 12.6. The maximum Gasteiger partial charge on any atom is 0.0352 e. The smallest absolute Gasteiger partial charge is 0.0352 e. The Labute approximate surface area is 117 Å².